The minimum atomic E-state index is 0.423. The van der Waals surface area contributed by atoms with Gasteiger partial charge in [0.15, 0.2) is 0 Å². The molecule has 0 bridgehead atoms. The number of nitrogens with zero attached hydrogens (tertiary/aromatic N) is 2. The van der Waals surface area contributed by atoms with Crippen molar-refractivity contribution in [1.82, 2.24) is 9.80 Å². The molecule has 0 aliphatic carbocycles. The van der Waals surface area contributed by atoms with Gasteiger partial charge in [-0.2, -0.15) is 0 Å². The Bertz CT molecular complexity index is 414. The highest BCUT2D eigenvalue weighted by Gasteiger charge is 2.45. The van der Waals surface area contributed by atoms with E-state index in [9.17, 15) is 4.79 Å². The van der Waals surface area contributed by atoms with Crippen molar-refractivity contribution in [2.75, 3.05) is 32.7 Å². The first-order valence-corrected chi connectivity index (χ1v) is 12.1. The maximum absolute atomic E-state index is 12.7. The highest BCUT2D eigenvalue weighted by atomic mass is 16.2. The van der Waals surface area contributed by atoms with E-state index in [4.69, 9.17) is 0 Å². The summed E-state index contributed by atoms with van der Waals surface area (Å²) in [4.78, 5) is 17.5. The van der Waals surface area contributed by atoms with E-state index in [0.29, 0.717) is 11.3 Å². The van der Waals surface area contributed by atoms with E-state index in [1.165, 1.54) is 77.4 Å². The molecule has 2 saturated heterocycles. The number of hydrogen-bond acceptors (Lipinski definition) is 2. The fraction of sp³-hybridized carbons (Fsp3) is 0.958. The van der Waals surface area contributed by atoms with Gasteiger partial charge in [0.25, 0.3) is 0 Å². The van der Waals surface area contributed by atoms with Crippen molar-refractivity contribution in [3.05, 3.63) is 0 Å². The third-order valence-corrected chi connectivity index (χ3v) is 7.25. The molecule has 0 aromatic carbocycles. The van der Waals surface area contributed by atoms with Crippen LogP contribution in [0.3, 0.4) is 0 Å². The van der Waals surface area contributed by atoms with Crippen LogP contribution in [-0.2, 0) is 4.79 Å². The van der Waals surface area contributed by atoms with Crippen molar-refractivity contribution in [2.24, 2.45) is 17.3 Å². The zero-order chi connectivity index (χ0) is 19.7. The fourth-order valence-electron chi connectivity index (χ4n) is 5.51. The second-order valence-corrected chi connectivity index (χ2v) is 9.60. The van der Waals surface area contributed by atoms with Gasteiger partial charge >= 0.3 is 0 Å². The van der Waals surface area contributed by atoms with Crippen molar-refractivity contribution in [3.8, 4) is 0 Å². The summed E-state index contributed by atoms with van der Waals surface area (Å²) in [5, 5.41) is 0. The summed E-state index contributed by atoms with van der Waals surface area (Å²) in [6, 6.07) is 0. The quantitative estimate of drug-likeness (QED) is 0.433. The molecule has 2 heterocycles. The lowest BCUT2D eigenvalue weighted by Gasteiger charge is -2.55. The molecule has 0 radical (unpaired) electrons. The molecule has 3 nitrogen and oxygen atoms in total. The van der Waals surface area contributed by atoms with Crippen LogP contribution in [0.5, 0.6) is 0 Å². The topological polar surface area (TPSA) is 23.6 Å². The Morgan fingerprint density at radius 1 is 0.852 bits per heavy atom. The van der Waals surface area contributed by atoms with E-state index >= 15 is 0 Å². The summed E-state index contributed by atoms with van der Waals surface area (Å²) in [6.07, 6.45) is 13.4. The predicted molar refractivity (Wildman–Crippen MR) is 116 cm³/mol. The molecule has 2 rings (SSSR count). The smallest absolute Gasteiger partial charge is 0.222 e. The van der Waals surface area contributed by atoms with E-state index in [-0.39, 0.29) is 0 Å². The summed E-state index contributed by atoms with van der Waals surface area (Å²) < 4.78 is 0. The van der Waals surface area contributed by atoms with Gasteiger partial charge in [-0.05, 0) is 42.9 Å². The van der Waals surface area contributed by atoms with Crippen molar-refractivity contribution in [3.63, 3.8) is 0 Å². The molecule has 1 unspecified atom stereocenters. The summed E-state index contributed by atoms with van der Waals surface area (Å²) >= 11 is 0. The predicted octanol–water partition coefficient (Wildman–Crippen LogP) is 5.73. The molecular formula is C24H46N2O. The van der Waals surface area contributed by atoms with Gasteiger partial charge in [0.05, 0.1) is 0 Å². The molecule has 1 amide bonds. The number of likely N-dealkylation sites (tertiary alicyclic amines) is 2. The van der Waals surface area contributed by atoms with Crippen LogP contribution in [0, 0.1) is 17.3 Å². The maximum Gasteiger partial charge on any atom is 0.222 e. The van der Waals surface area contributed by atoms with Gasteiger partial charge in [0.1, 0.15) is 0 Å². The SMILES string of the molecule is CCCC(CCC)CCC(=O)N1CCC2(CC1)CN(CC(CC)CCC)C2. The molecule has 0 aromatic rings. The summed E-state index contributed by atoms with van der Waals surface area (Å²) in [5.41, 5.74) is 0.536. The first kappa shape index (κ1) is 22.7. The molecule has 2 aliphatic rings. The van der Waals surface area contributed by atoms with Gasteiger partial charge < -0.3 is 9.80 Å². The second-order valence-electron chi connectivity index (χ2n) is 9.60. The Balaban J connectivity index is 1.67. The minimum Gasteiger partial charge on any atom is -0.343 e. The highest BCUT2D eigenvalue weighted by molar-refractivity contribution is 5.76. The van der Waals surface area contributed by atoms with Crippen molar-refractivity contribution < 1.29 is 4.79 Å². The van der Waals surface area contributed by atoms with Crippen LogP contribution in [0.15, 0.2) is 0 Å². The Labute approximate surface area is 169 Å². The van der Waals surface area contributed by atoms with Crippen LogP contribution in [0.4, 0.5) is 0 Å². The second kappa shape index (κ2) is 11.4. The molecule has 158 valence electrons. The molecule has 2 fully saturated rings. The molecule has 1 spiro atoms. The molecule has 3 heteroatoms. The van der Waals surface area contributed by atoms with Gasteiger partial charge in [-0.1, -0.05) is 66.2 Å². The number of carbonyl (C=O) groups is 1. The Hall–Kier alpha value is -0.570. The van der Waals surface area contributed by atoms with Gasteiger partial charge in [-0.3, -0.25) is 4.79 Å². The Kier molecular flexibility index (Phi) is 9.62. The van der Waals surface area contributed by atoms with E-state index in [0.717, 1.165) is 37.8 Å². The van der Waals surface area contributed by atoms with E-state index in [1.54, 1.807) is 0 Å². The van der Waals surface area contributed by atoms with Crippen LogP contribution >= 0.6 is 0 Å². The first-order valence-electron chi connectivity index (χ1n) is 12.1. The van der Waals surface area contributed by atoms with Gasteiger partial charge in [-0.15, -0.1) is 0 Å². The molecule has 2 aliphatic heterocycles. The van der Waals surface area contributed by atoms with Crippen LogP contribution < -0.4 is 0 Å². The Morgan fingerprint density at radius 3 is 1.93 bits per heavy atom. The number of piperidine rings is 1. The maximum atomic E-state index is 12.7. The molecular weight excluding hydrogens is 332 g/mol. The average molecular weight is 379 g/mol. The third kappa shape index (κ3) is 6.76. The van der Waals surface area contributed by atoms with Gasteiger partial charge in [0.2, 0.25) is 5.91 Å². The van der Waals surface area contributed by atoms with E-state index in [2.05, 4.69) is 37.5 Å². The fourth-order valence-corrected chi connectivity index (χ4v) is 5.51. The summed E-state index contributed by atoms with van der Waals surface area (Å²) in [5.74, 6) is 2.07. The van der Waals surface area contributed by atoms with Crippen molar-refractivity contribution in [2.45, 2.75) is 98.3 Å². The number of carbonyl (C=O) groups excluding carboxylic acids is 1. The van der Waals surface area contributed by atoms with Crippen molar-refractivity contribution >= 4 is 5.91 Å². The lowest BCUT2D eigenvalue weighted by atomic mass is 9.71. The van der Waals surface area contributed by atoms with Gasteiger partial charge in [0, 0.05) is 39.1 Å². The molecule has 0 saturated carbocycles. The van der Waals surface area contributed by atoms with Crippen LogP contribution in [0.1, 0.15) is 98.3 Å². The lowest BCUT2D eigenvalue weighted by molar-refractivity contribution is -0.136. The number of rotatable bonds is 12. The number of hydrogen-bond donors (Lipinski definition) is 0. The monoisotopic (exact) mass is 378 g/mol. The molecule has 1 atom stereocenters. The zero-order valence-electron chi connectivity index (χ0n) is 18.8. The standard InChI is InChI=1S/C24H46N2O/c1-5-9-21(8-4)18-25-19-24(20-25)14-16-26(17-15-24)23(27)13-12-22(10-6-2)11-7-3/h21-22H,5-20H2,1-4H3. The zero-order valence-corrected chi connectivity index (χ0v) is 18.8. The first-order chi connectivity index (χ1) is 13.1. The third-order valence-electron chi connectivity index (χ3n) is 7.25. The normalized spacial score (nSPS) is 20.9. The van der Waals surface area contributed by atoms with Crippen LogP contribution in [0.2, 0.25) is 0 Å². The highest BCUT2D eigenvalue weighted by Crippen LogP contribution is 2.41. The van der Waals surface area contributed by atoms with E-state index in [1.807, 2.05) is 0 Å². The largest absolute Gasteiger partial charge is 0.343 e. The minimum absolute atomic E-state index is 0.423. The Morgan fingerprint density at radius 2 is 1.41 bits per heavy atom. The lowest BCUT2D eigenvalue weighted by Crippen LogP contribution is -2.61. The van der Waals surface area contributed by atoms with Crippen LogP contribution in [0.25, 0.3) is 0 Å². The molecule has 0 aromatic heterocycles. The summed E-state index contributed by atoms with van der Waals surface area (Å²) in [6.45, 7) is 15.0. The molecule has 0 N–H and O–H groups in total. The average Bonchev–Trinajstić information content (AvgIpc) is 2.65. The van der Waals surface area contributed by atoms with Crippen LogP contribution in [-0.4, -0.2) is 48.4 Å². The molecule has 27 heavy (non-hydrogen) atoms. The van der Waals surface area contributed by atoms with E-state index < -0.39 is 0 Å². The number of amides is 1. The van der Waals surface area contributed by atoms with Crippen molar-refractivity contribution in [1.29, 1.82) is 0 Å². The summed E-state index contributed by atoms with van der Waals surface area (Å²) in [7, 11) is 0. The van der Waals surface area contributed by atoms with Gasteiger partial charge in [-0.25, -0.2) is 0 Å².